The molecule has 0 bridgehead atoms. The molecule has 1 heterocycles. The van der Waals surface area contributed by atoms with Crippen molar-refractivity contribution in [3.63, 3.8) is 0 Å². The van der Waals surface area contributed by atoms with Gasteiger partial charge in [-0.1, -0.05) is 23.7 Å². The number of nitrogens with zero attached hydrogens (tertiary/aromatic N) is 2. The van der Waals surface area contributed by atoms with Crippen LogP contribution < -0.4 is 5.73 Å². The number of aromatic nitrogens is 2. The molecule has 0 unspecified atom stereocenters. The molecule has 0 fully saturated rings. The SMILES string of the molecule is Nc1ccc(Cl)c(SCc2ccc(-n3cccn3)cc2)c1. The molecule has 1 aromatic heterocycles. The highest BCUT2D eigenvalue weighted by Crippen LogP contribution is 2.31. The third-order valence-corrected chi connectivity index (χ3v) is 4.62. The predicted molar refractivity (Wildman–Crippen MR) is 89.0 cm³/mol. The van der Waals surface area contributed by atoms with E-state index in [2.05, 4.69) is 29.4 Å². The van der Waals surface area contributed by atoms with E-state index in [-0.39, 0.29) is 0 Å². The third-order valence-electron chi connectivity index (χ3n) is 3.05. The quantitative estimate of drug-likeness (QED) is 0.573. The van der Waals surface area contributed by atoms with Crippen molar-refractivity contribution in [3.8, 4) is 5.69 Å². The van der Waals surface area contributed by atoms with Crippen molar-refractivity contribution in [1.29, 1.82) is 0 Å². The van der Waals surface area contributed by atoms with Gasteiger partial charge in [0.15, 0.2) is 0 Å². The summed E-state index contributed by atoms with van der Waals surface area (Å²) in [4.78, 5) is 1.01. The van der Waals surface area contributed by atoms with Gasteiger partial charge in [-0.15, -0.1) is 11.8 Å². The van der Waals surface area contributed by atoms with Crippen LogP contribution in [0.2, 0.25) is 5.02 Å². The van der Waals surface area contributed by atoms with Gasteiger partial charge < -0.3 is 5.73 Å². The highest BCUT2D eigenvalue weighted by Gasteiger charge is 2.03. The van der Waals surface area contributed by atoms with Gasteiger partial charge in [-0.05, 0) is 42.0 Å². The molecular formula is C16H14ClN3S. The molecule has 5 heteroatoms. The average Bonchev–Trinajstić information content (AvgIpc) is 3.03. The Hall–Kier alpha value is -1.91. The van der Waals surface area contributed by atoms with E-state index in [0.29, 0.717) is 0 Å². The van der Waals surface area contributed by atoms with Crippen LogP contribution in [0.4, 0.5) is 5.69 Å². The van der Waals surface area contributed by atoms with Crippen LogP contribution in [0.1, 0.15) is 5.56 Å². The lowest BCUT2D eigenvalue weighted by atomic mass is 10.2. The fraction of sp³-hybridized carbons (Fsp3) is 0.0625. The molecular weight excluding hydrogens is 302 g/mol. The van der Waals surface area contributed by atoms with E-state index in [9.17, 15) is 0 Å². The summed E-state index contributed by atoms with van der Waals surface area (Å²) in [6, 6.07) is 15.8. The van der Waals surface area contributed by atoms with E-state index >= 15 is 0 Å². The Bertz CT molecular complexity index is 724. The van der Waals surface area contributed by atoms with Crippen LogP contribution in [0.25, 0.3) is 5.69 Å². The molecule has 0 spiro atoms. The van der Waals surface area contributed by atoms with Crippen LogP contribution in [-0.2, 0) is 5.75 Å². The first-order chi connectivity index (χ1) is 10.2. The van der Waals surface area contributed by atoms with Crippen LogP contribution in [0.3, 0.4) is 0 Å². The normalized spacial score (nSPS) is 10.7. The van der Waals surface area contributed by atoms with Crippen molar-refractivity contribution in [2.45, 2.75) is 10.6 Å². The number of thioether (sulfide) groups is 1. The maximum absolute atomic E-state index is 6.17. The van der Waals surface area contributed by atoms with Crippen molar-refractivity contribution in [2.24, 2.45) is 0 Å². The van der Waals surface area contributed by atoms with Gasteiger partial charge in [-0.3, -0.25) is 0 Å². The fourth-order valence-electron chi connectivity index (χ4n) is 1.96. The van der Waals surface area contributed by atoms with E-state index in [1.807, 2.05) is 35.1 Å². The van der Waals surface area contributed by atoms with Crippen molar-refractivity contribution in [2.75, 3.05) is 5.73 Å². The predicted octanol–water partition coefficient (Wildman–Crippen LogP) is 4.40. The number of nitrogens with two attached hydrogens (primary N) is 1. The molecule has 3 rings (SSSR count). The number of hydrogen-bond donors (Lipinski definition) is 1. The Morgan fingerprint density at radius 3 is 2.67 bits per heavy atom. The summed E-state index contributed by atoms with van der Waals surface area (Å²) in [7, 11) is 0. The molecule has 2 N–H and O–H groups in total. The lowest BCUT2D eigenvalue weighted by molar-refractivity contribution is 0.880. The van der Waals surface area contributed by atoms with Crippen LogP contribution in [0.15, 0.2) is 65.8 Å². The molecule has 3 nitrogen and oxygen atoms in total. The minimum absolute atomic E-state index is 0.732. The summed E-state index contributed by atoms with van der Waals surface area (Å²) in [6.07, 6.45) is 3.70. The van der Waals surface area contributed by atoms with Gasteiger partial charge in [0.1, 0.15) is 0 Å². The number of benzene rings is 2. The van der Waals surface area contributed by atoms with Crippen LogP contribution in [-0.4, -0.2) is 9.78 Å². The zero-order valence-corrected chi connectivity index (χ0v) is 12.8. The van der Waals surface area contributed by atoms with Crippen LogP contribution in [0.5, 0.6) is 0 Å². The summed E-state index contributed by atoms with van der Waals surface area (Å²) in [6.45, 7) is 0. The molecule has 0 radical (unpaired) electrons. The minimum atomic E-state index is 0.732. The number of nitrogen functional groups attached to an aromatic ring is 1. The summed E-state index contributed by atoms with van der Waals surface area (Å²) >= 11 is 7.85. The average molecular weight is 316 g/mol. The molecule has 0 aliphatic rings. The third kappa shape index (κ3) is 3.40. The van der Waals surface area contributed by atoms with Crippen LogP contribution >= 0.6 is 23.4 Å². The standard InChI is InChI=1S/C16H14ClN3S/c17-15-7-4-13(18)10-16(15)21-11-12-2-5-14(6-3-12)20-9-1-8-19-20/h1-10H,11,18H2. The Morgan fingerprint density at radius 1 is 1.14 bits per heavy atom. The highest BCUT2D eigenvalue weighted by molar-refractivity contribution is 7.98. The topological polar surface area (TPSA) is 43.8 Å². The second-order valence-corrected chi connectivity index (χ2v) is 6.02. The molecule has 0 atom stereocenters. The molecule has 0 aliphatic heterocycles. The Balaban J connectivity index is 1.70. The lowest BCUT2D eigenvalue weighted by Crippen LogP contribution is -1.94. The van der Waals surface area contributed by atoms with E-state index in [0.717, 1.165) is 27.0 Å². The molecule has 0 saturated carbocycles. The molecule has 2 aromatic carbocycles. The zero-order valence-electron chi connectivity index (χ0n) is 11.2. The Labute approximate surface area is 132 Å². The summed E-state index contributed by atoms with van der Waals surface area (Å²) in [5, 5.41) is 4.95. The maximum Gasteiger partial charge on any atom is 0.0645 e. The van der Waals surface area contributed by atoms with E-state index in [4.69, 9.17) is 17.3 Å². The van der Waals surface area contributed by atoms with E-state index in [1.165, 1.54) is 5.56 Å². The monoisotopic (exact) mass is 315 g/mol. The van der Waals surface area contributed by atoms with Gasteiger partial charge in [-0.25, -0.2) is 4.68 Å². The van der Waals surface area contributed by atoms with Crippen molar-refractivity contribution in [3.05, 3.63) is 71.5 Å². The molecule has 0 saturated heterocycles. The lowest BCUT2D eigenvalue weighted by Gasteiger charge is -2.07. The minimum Gasteiger partial charge on any atom is -0.399 e. The van der Waals surface area contributed by atoms with Crippen LogP contribution in [0, 0.1) is 0 Å². The summed E-state index contributed by atoms with van der Waals surface area (Å²) in [5.74, 6) is 0.850. The Morgan fingerprint density at radius 2 is 1.95 bits per heavy atom. The van der Waals surface area contributed by atoms with Crippen molar-refractivity contribution in [1.82, 2.24) is 9.78 Å². The number of halogens is 1. The molecule has 21 heavy (non-hydrogen) atoms. The second kappa shape index (κ2) is 6.24. The second-order valence-electron chi connectivity index (χ2n) is 4.60. The van der Waals surface area contributed by atoms with E-state index < -0.39 is 0 Å². The van der Waals surface area contributed by atoms with Gasteiger partial charge >= 0.3 is 0 Å². The van der Waals surface area contributed by atoms with Gasteiger partial charge in [0.2, 0.25) is 0 Å². The summed E-state index contributed by atoms with van der Waals surface area (Å²) in [5.41, 5.74) is 8.80. The molecule has 3 aromatic rings. The summed E-state index contributed by atoms with van der Waals surface area (Å²) < 4.78 is 1.84. The van der Waals surface area contributed by atoms with Gasteiger partial charge in [0.05, 0.1) is 10.7 Å². The smallest absolute Gasteiger partial charge is 0.0645 e. The molecule has 0 aliphatic carbocycles. The molecule has 106 valence electrons. The first-order valence-electron chi connectivity index (χ1n) is 6.49. The number of hydrogen-bond acceptors (Lipinski definition) is 3. The fourth-order valence-corrected chi connectivity index (χ4v) is 3.18. The van der Waals surface area contributed by atoms with Crippen molar-refractivity contribution >= 4 is 29.1 Å². The number of anilines is 1. The Kier molecular flexibility index (Phi) is 4.18. The zero-order chi connectivity index (χ0) is 14.7. The molecule has 0 amide bonds. The number of rotatable bonds is 4. The maximum atomic E-state index is 6.17. The van der Waals surface area contributed by atoms with Crippen molar-refractivity contribution < 1.29 is 0 Å². The largest absolute Gasteiger partial charge is 0.399 e. The van der Waals surface area contributed by atoms with Gasteiger partial charge in [0.25, 0.3) is 0 Å². The van der Waals surface area contributed by atoms with Gasteiger partial charge in [-0.2, -0.15) is 5.10 Å². The van der Waals surface area contributed by atoms with Gasteiger partial charge in [0, 0.05) is 28.7 Å². The highest BCUT2D eigenvalue weighted by atomic mass is 35.5. The first kappa shape index (κ1) is 14.0. The first-order valence-corrected chi connectivity index (χ1v) is 7.85. The van der Waals surface area contributed by atoms with E-state index in [1.54, 1.807) is 18.0 Å².